The van der Waals surface area contributed by atoms with E-state index in [1.807, 2.05) is 13.0 Å². The van der Waals surface area contributed by atoms with E-state index < -0.39 is 11.7 Å². The Morgan fingerprint density at radius 3 is 2.55 bits per heavy atom. The highest BCUT2D eigenvalue weighted by atomic mass is 79.9. The van der Waals surface area contributed by atoms with Crippen molar-refractivity contribution >= 4 is 49.1 Å². The van der Waals surface area contributed by atoms with Crippen LogP contribution in [0.1, 0.15) is 15.9 Å². The lowest BCUT2D eigenvalue weighted by Gasteiger charge is -2.12. The van der Waals surface area contributed by atoms with Gasteiger partial charge >= 0.3 is 0 Å². The minimum absolute atomic E-state index is 0.0407. The Morgan fingerprint density at radius 1 is 1.20 bits per heavy atom. The van der Waals surface area contributed by atoms with Gasteiger partial charge in [-0.05, 0) is 42.8 Å². The zero-order valence-corrected chi connectivity index (χ0v) is 13.7. The molecule has 0 unspecified atom stereocenters. The predicted molar refractivity (Wildman–Crippen MR) is 85.3 cm³/mol. The largest absolute Gasteiger partial charge is 0.397 e. The van der Waals surface area contributed by atoms with Crippen molar-refractivity contribution in [2.75, 3.05) is 11.1 Å². The number of anilines is 2. The van der Waals surface area contributed by atoms with Gasteiger partial charge in [-0.3, -0.25) is 4.79 Å². The van der Waals surface area contributed by atoms with Crippen LogP contribution in [-0.2, 0) is 0 Å². The summed E-state index contributed by atoms with van der Waals surface area (Å²) in [6.07, 6.45) is 0. The van der Waals surface area contributed by atoms with Crippen molar-refractivity contribution in [1.29, 1.82) is 0 Å². The van der Waals surface area contributed by atoms with E-state index >= 15 is 0 Å². The molecule has 0 bridgehead atoms. The zero-order valence-electron chi connectivity index (χ0n) is 10.5. The molecule has 0 fully saturated rings. The Balaban J connectivity index is 2.35. The van der Waals surface area contributed by atoms with Gasteiger partial charge in [0.15, 0.2) is 0 Å². The van der Waals surface area contributed by atoms with E-state index in [1.165, 1.54) is 18.2 Å². The van der Waals surface area contributed by atoms with Gasteiger partial charge in [0, 0.05) is 8.95 Å². The van der Waals surface area contributed by atoms with E-state index in [2.05, 4.69) is 37.2 Å². The van der Waals surface area contributed by atoms with Crippen LogP contribution in [0.2, 0.25) is 0 Å². The first-order valence-corrected chi connectivity index (χ1v) is 7.29. The number of aryl methyl sites for hydroxylation is 1. The Labute approximate surface area is 132 Å². The monoisotopic (exact) mass is 400 g/mol. The number of nitrogen functional groups attached to an aromatic ring is 1. The Bertz CT molecular complexity index is 666. The summed E-state index contributed by atoms with van der Waals surface area (Å²) >= 11 is 6.53. The van der Waals surface area contributed by atoms with Gasteiger partial charge in [-0.1, -0.05) is 31.9 Å². The normalized spacial score (nSPS) is 10.4. The van der Waals surface area contributed by atoms with Gasteiger partial charge in [0.2, 0.25) is 0 Å². The van der Waals surface area contributed by atoms with Gasteiger partial charge in [-0.25, -0.2) is 4.39 Å². The molecule has 0 atom stereocenters. The molecule has 2 rings (SSSR count). The van der Waals surface area contributed by atoms with E-state index in [4.69, 9.17) is 5.73 Å². The fourth-order valence-electron chi connectivity index (χ4n) is 1.79. The predicted octanol–water partition coefficient (Wildman–Crippen LogP) is 4.49. The summed E-state index contributed by atoms with van der Waals surface area (Å²) in [5.74, 6) is -1.13. The van der Waals surface area contributed by atoms with Crippen LogP contribution in [0.3, 0.4) is 0 Å². The molecule has 0 saturated carbocycles. The summed E-state index contributed by atoms with van der Waals surface area (Å²) in [5.41, 5.74) is 7.52. The van der Waals surface area contributed by atoms with E-state index in [1.54, 1.807) is 6.07 Å². The van der Waals surface area contributed by atoms with Crippen LogP contribution in [0, 0.1) is 12.7 Å². The van der Waals surface area contributed by atoms with Crippen LogP contribution in [0.4, 0.5) is 15.8 Å². The second-order valence-electron chi connectivity index (χ2n) is 4.27. The highest BCUT2D eigenvalue weighted by Crippen LogP contribution is 2.28. The molecule has 0 radical (unpaired) electrons. The molecular formula is C14H11Br2FN2O. The van der Waals surface area contributed by atoms with Crippen LogP contribution in [0.15, 0.2) is 39.3 Å². The van der Waals surface area contributed by atoms with Crippen molar-refractivity contribution in [1.82, 2.24) is 0 Å². The highest BCUT2D eigenvalue weighted by Gasteiger charge is 2.15. The highest BCUT2D eigenvalue weighted by molar-refractivity contribution is 9.10. The van der Waals surface area contributed by atoms with Crippen molar-refractivity contribution in [2.45, 2.75) is 6.92 Å². The molecule has 20 heavy (non-hydrogen) atoms. The molecule has 0 saturated heterocycles. The summed E-state index contributed by atoms with van der Waals surface area (Å²) < 4.78 is 15.1. The van der Waals surface area contributed by atoms with E-state index in [0.717, 1.165) is 10.0 Å². The Morgan fingerprint density at radius 2 is 1.90 bits per heavy atom. The van der Waals surface area contributed by atoms with Gasteiger partial charge < -0.3 is 11.1 Å². The van der Waals surface area contributed by atoms with Gasteiger partial charge in [0.05, 0.1) is 16.9 Å². The third-order valence-electron chi connectivity index (χ3n) is 2.74. The summed E-state index contributed by atoms with van der Waals surface area (Å²) in [4.78, 5) is 12.1. The minimum Gasteiger partial charge on any atom is -0.397 e. The third kappa shape index (κ3) is 3.19. The number of halogens is 3. The number of amides is 1. The molecule has 0 heterocycles. The molecule has 3 nitrogen and oxygen atoms in total. The summed E-state index contributed by atoms with van der Waals surface area (Å²) in [7, 11) is 0. The van der Waals surface area contributed by atoms with Gasteiger partial charge in [0.25, 0.3) is 5.91 Å². The molecule has 3 N–H and O–H groups in total. The quantitative estimate of drug-likeness (QED) is 0.728. The standard InChI is InChI=1S/C14H11Br2FN2O/c1-7-4-9(16)6-12(18)13(7)19-14(20)10-5-8(15)2-3-11(10)17/h2-6H,18H2,1H3,(H,19,20). The molecule has 0 aliphatic rings. The number of carbonyl (C=O) groups excluding carboxylic acids is 1. The second-order valence-corrected chi connectivity index (χ2v) is 6.10. The van der Waals surface area contributed by atoms with Gasteiger partial charge in [-0.15, -0.1) is 0 Å². The molecule has 2 aromatic rings. The lowest BCUT2D eigenvalue weighted by molar-refractivity contribution is 0.102. The zero-order chi connectivity index (χ0) is 14.9. The van der Waals surface area contributed by atoms with Gasteiger partial charge in [-0.2, -0.15) is 0 Å². The Hall–Kier alpha value is -1.40. The van der Waals surface area contributed by atoms with E-state index in [-0.39, 0.29) is 5.56 Å². The molecule has 2 aromatic carbocycles. The van der Waals surface area contributed by atoms with Crippen molar-refractivity contribution in [3.05, 3.63) is 56.2 Å². The second kappa shape index (κ2) is 5.93. The molecule has 0 aliphatic carbocycles. The van der Waals surface area contributed by atoms with E-state index in [9.17, 15) is 9.18 Å². The fraction of sp³-hybridized carbons (Fsp3) is 0.0714. The van der Waals surface area contributed by atoms with Crippen LogP contribution < -0.4 is 11.1 Å². The first-order valence-electron chi connectivity index (χ1n) is 5.70. The van der Waals surface area contributed by atoms with Crippen LogP contribution in [0.25, 0.3) is 0 Å². The first-order chi connectivity index (χ1) is 9.38. The molecule has 0 aromatic heterocycles. The number of rotatable bonds is 2. The number of benzene rings is 2. The number of nitrogens with one attached hydrogen (secondary N) is 1. The average Bonchev–Trinajstić information content (AvgIpc) is 2.36. The molecular weight excluding hydrogens is 391 g/mol. The van der Waals surface area contributed by atoms with Crippen molar-refractivity contribution in [2.24, 2.45) is 0 Å². The van der Waals surface area contributed by atoms with Crippen molar-refractivity contribution in [3.63, 3.8) is 0 Å². The number of nitrogens with two attached hydrogens (primary N) is 1. The lowest BCUT2D eigenvalue weighted by Crippen LogP contribution is -2.15. The first kappa shape index (κ1) is 15.0. The van der Waals surface area contributed by atoms with Gasteiger partial charge in [0.1, 0.15) is 5.82 Å². The van der Waals surface area contributed by atoms with Crippen molar-refractivity contribution < 1.29 is 9.18 Å². The van der Waals surface area contributed by atoms with Crippen LogP contribution >= 0.6 is 31.9 Å². The molecule has 0 spiro atoms. The minimum atomic E-state index is -0.584. The van der Waals surface area contributed by atoms with Crippen LogP contribution in [-0.4, -0.2) is 5.91 Å². The van der Waals surface area contributed by atoms with Crippen molar-refractivity contribution in [3.8, 4) is 0 Å². The third-order valence-corrected chi connectivity index (χ3v) is 3.69. The maximum Gasteiger partial charge on any atom is 0.258 e. The Kier molecular flexibility index (Phi) is 4.45. The lowest BCUT2D eigenvalue weighted by atomic mass is 10.1. The number of hydrogen-bond acceptors (Lipinski definition) is 2. The smallest absolute Gasteiger partial charge is 0.258 e. The fourth-order valence-corrected chi connectivity index (χ4v) is 2.74. The average molecular weight is 402 g/mol. The number of carbonyl (C=O) groups is 1. The summed E-state index contributed by atoms with van der Waals surface area (Å²) in [5, 5.41) is 2.64. The topological polar surface area (TPSA) is 55.1 Å². The van der Waals surface area contributed by atoms with E-state index in [0.29, 0.717) is 15.8 Å². The number of hydrogen-bond donors (Lipinski definition) is 2. The maximum atomic E-state index is 13.7. The SMILES string of the molecule is Cc1cc(Br)cc(N)c1NC(=O)c1cc(Br)ccc1F. The summed E-state index contributed by atoms with van der Waals surface area (Å²) in [6.45, 7) is 1.81. The molecule has 1 amide bonds. The maximum absolute atomic E-state index is 13.7. The van der Waals surface area contributed by atoms with Crippen LogP contribution in [0.5, 0.6) is 0 Å². The molecule has 6 heteroatoms. The molecule has 0 aliphatic heterocycles. The summed E-state index contributed by atoms with van der Waals surface area (Å²) in [6, 6.07) is 7.69. The molecule has 104 valence electrons.